The van der Waals surface area contributed by atoms with Gasteiger partial charge < -0.3 is 11.1 Å². The molecule has 3 nitrogen and oxygen atoms in total. The third-order valence-corrected chi connectivity index (χ3v) is 3.91. The summed E-state index contributed by atoms with van der Waals surface area (Å²) in [7, 11) is 0. The molecule has 1 atom stereocenters. The van der Waals surface area contributed by atoms with Gasteiger partial charge in [0.1, 0.15) is 5.82 Å². The minimum absolute atomic E-state index is 0.269. The Morgan fingerprint density at radius 1 is 1.59 bits per heavy atom. The second-order valence-electron chi connectivity index (χ2n) is 3.71. The number of rotatable bonds is 4. The van der Waals surface area contributed by atoms with Crippen molar-refractivity contribution in [2.75, 3.05) is 11.1 Å². The summed E-state index contributed by atoms with van der Waals surface area (Å²) in [5.41, 5.74) is 6.59. The average Bonchev–Trinajstić information content (AvgIpc) is 2.81. The first-order chi connectivity index (χ1) is 8.20. The molecule has 0 aliphatic rings. The molecule has 0 fully saturated rings. The molecule has 0 bridgehead atoms. The molecule has 0 aliphatic heterocycles. The maximum Gasteiger partial charge on any atom is 0.149 e. The van der Waals surface area contributed by atoms with E-state index in [0.717, 1.165) is 16.7 Å². The van der Waals surface area contributed by atoms with E-state index >= 15 is 0 Å². The Morgan fingerprint density at radius 2 is 2.41 bits per heavy atom. The number of hydrogen-bond donors (Lipinski definition) is 2. The van der Waals surface area contributed by atoms with E-state index in [1.54, 1.807) is 17.5 Å². The number of nitrogens with two attached hydrogens (primary N) is 1. The summed E-state index contributed by atoms with van der Waals surface area (Å²) in [6, 6.07) is 6.31. The SMILES string of the molecule is CCC(Nc1ncc(Br)cc1N)c1cccs1. The van der Waals surface area contributed by atoms with Gasteiger partial charge in [-0.2, -0.15) is 0 Å². The number of nitrogens with one attached hydrogen (secondary N) is 1. The zero-order chi connectivity index (χ0) is 12.3. The zero-order valence-corrected chi connectivity index (χ0v) is 11.9. The van der Waals surface area contributed by atoms with E-state index < -0.39 is 0 Å². The van der Waals surface area contributed by atoms with Gasteiger partial charge in [0.05, 0.1) is 11.7 Å². The highest BCUT2D eigenvalue weighted by Gasteiger charge is 2.12. The van der Waals surface area contributed by atoms with Crippen LogP contribution in [0, 0.1) is 0 Å². The fraction of sp³-hybridized carbons (Fsp3) is 0.250. The Balaban J connectivity index is 2.19. The van der Waals surface area contributed by atoms with Crippen LogP contribution < -0.4 is 11.1 Å². The smallest absolute Gasteiger partial charge is 0.149 e. The molecule has 2 aromatic rings. The fourth-order valence-corrected chi connectivity index (χ4v) is 2.81. The topological polar surface area (TPSA) is 50.9 Å². The maximum atomic E-state index is 5.93. The average molecular weight is 312 g/mol. The normalized spacial score (nSPS) is 12.4. The predicted molar refractivity (Wildman–Crippen MR) is 77.3 cm³/mol. The molecule has 17 heavy (non-hydrogen) atoms. The van der Waals surface area contributed by atoms with Gasteiger partial charge in [0, 0.05) is 15.5 Å². The van der Waals surface area contributed by atoms with Crippen molar-refractivity contribution >= 4 is 38.8 Å². The van der Waals surface area contributed by atoms with E-state index in [1.165, 1.54) is 4.88 Å². The number of halogens is 1. The highest BCUT2D eigenvalue weighted by molar-refractivity contribution is 9.10. The third kappa shape index (κ3) is 2.98. The molecule has 90 valence electrons. The van der Waals surface area contributed by atoms with Crippen LogP contribution in [-0.2, 0) is 0 Å². The molecule has 0 radical (unpaired) electrons. The molecule has 5 heteroatoms. The van der Waals surface area contributed by atoms with E-state index in [2.05, 4.69) is 50.7 Å². The zero-order valence-electron chi connectivity index (χ0n) is 9.48. The van der Waals surface area contributed by atoms with Gasteiger partial charge >= 0.3 is 0 Å². The predicted octanol–water partition coefficient (Wildman–Crippen LogP) is 4.05. The van der Waals surface area contributed by atoms with Crippen molar-refractivity contribution in [1.82, 2.24) is 4.98 Å². The Morgan fingerprint density at radius 3 is 3.00 bits per heavy atom. The molecule has 0 saturated heterocycles. The first-order valence-corrected chi connectivity index (χ1v) is 7.09. The van der Waals surface area contributed by atoms with Gasteiger partial charge in [-0.05, 0) is 39.9 Å². The van der Waals surface area contributed by atoms with Crippen LogP contribution in [0.3, 0.4) is 0 Å². The van der Waals surface area contributed by atoms with Crippen LogP contribution in [0.5, 0.6) is 0 Å². The lowest BCUT2D eigenvalue weighted by Crippen LogP contribution is -2.11. The molecule has 0 spiro atoms. The quantitative estimate of drug-likeness (QED) is 0.895. The Hall–Kier alpha value is -1.07. The Kier molecular flexibility index (Phi) is 4.02. The van der Waals surface area contributed by atoms with E-state index in [9.17, 15) is 0 Å². The maximum absolute atomic E-state index is 5.93. The summed E-state index contributed by atoms with van der Waals surface area (Å²) in [4.78, 5) is 5.60. The van der Waals surface area contributed by atoms with Gasteiger partial charge in [-0.3, -0.25) is 0 Å². The summed E-state index contributed by atoms with van der Waals surface area (Å²) < 4.78 is 0.893. The number of nitrogens with zero attached hydrogens (tertiary/aromatic N) is 1. The number of nitrogen functional groups attached to an aromatic ring is 1. The van der Waals surface area contributed by atoms with Crippen molar-refractivity contribution in [3.8, 4) is 0 Å². The van der Waals surface area contributed by atoms with E-state index in [0.29, 0.717) is 5.69 Å². The van der Waals surface area contributed by atoms with Gasteiger partial charge in [-0.25, -0.2) is 4.98 Å². The fourth-order valence-electron chi connectivity index (χ4n) is 1.60. The minimum atomic E-state index is 0.269. The van der Waals surface area contributed by atoms with Crippen molar-refractivity contribution < 1.29 is 0 Å². The third-order valence-electron chi connectivity index (χ3n) is 2.49. The van der Waals surface area contributed by atoms with E-state index in [1.807, 2.05) is 6.07 Å². The molecule has 0 aliphatic carbocycles. The molecule has 2 rings (SSSR count). The number of pyridine rings is 1. The molecule has 3 N–H and O–H groups in total. The lowest BCUT2D eigenvalue weighted by molar-refractivity contribution is 0.759. The highest BCUT2D eigenvalue weighted by Crippen LogP contribution is 2.28. The largest absolute Gasteiger partial charge is 0.396 e. The van der Waals surface area contributed by atoms with Crippen LogP contribution in [0.4, 0.5) is 11.5 Å². The van der Waals surface area contributed by atoms with E-state index in [-0.39, 0.29) is 6.04 Å². The summed E-state index contributed by atoms with van der Waals surface area (Å²) in [5.74, 6) is 0.744. The van der Waals surface area contributed by atoms with E-state index in [4.69, 9.17) is 5.73 Å². The number of thiophene rings is 1. The molecule has 1 unspecified atom stereocenters. The Labute approximate surface area is 113 Å². The first-order valence-electron chi connectivity index (χ1n) is 5.41. The van der Waals surface area contributed by atoms with Crippen molar-refractivity contribution in [3.63, 3.8) is 0 Å². The number of aromatic nitrogens is 1. The second kappa shape index (κ2) is 5.51. The van der Waals surface area contributed by atoms with Gasteiger partial charge in [0.15, 0.2) is 0 Å². The Bertz CT molecular complexity index is 485. The molecule has 0 amide bonds. The standard InChI is InChI=1S/C12H14BrN3S/c1-2-10(11-4-3-5-17-11)16-12-9(14)6-8(13)7-15-12/h3-7,10H,2,14H2,1H3,(H,15,16). The molecular weight excluding hydrogens is 298 g/mol. The molecule has 2 aromatic heterocycles. The minimum Gasteiger partial charge on any atom is -0.396 e. The van der Waals surface area contributed by atoms with Crippen molar-refractivity contribution in [2.24, 2.45) is 0 Å². The van der Waals surface area contributed by atoms with Crippen LogP contribution in [0.2, 0.25) is 0 Å². The lowest BCUT2D eigenvalue weighted by atomic mass is 10.2. The lowest BCUT2D eigenvalue weighted by Gasteiger charge is -2.17. The summed E-state index contributed by atoms with van der Waals surface area (Å²) in [5, 5.41) is 5.46. The van der Waals surface area contributed by atoms with Crippen LogP contribution in [0.1, 0.15) is 24.3 Å². The second-order valence-corrected chi connectivity index (χ2v) is 5.61. The molecule has 0 aromatic carbocycles. The van der Waals surface area contributed by atoms with Gasteiger partial charge in [-0.1, -0.05) is 13.0 Å². The van der Waals surface area contributed by atoms with Crippen LogP contribution in [0.25, 0.3) is 0 Å². The van der Waals surface area contributed by atoms with Crippen molar-refractivity contribution in [3.05, 3.63) is 39.1 Å². The summed E-state index contributed by atoms with van der Waals surface area (Å²) >= 11 is 5.09. The van der Waals surface area contributed by atoms with Crippen molar-refractivity contribution in [1.29, 1.82) is 0 Å². The number of anilines is 2. The van der Waals surface area contributed by atoms with Crippen LogP contribution >= 0.6 is 27.3 Å². The molecular formula is C12H14BrN3S. The summed E-state index contributed by atoms with van der Waals surface area (Å²) in [6.45, 7) is 2.15. The first kappa shape index (κ1) is 12.4. The number of hydrogen-bond acceptors (Lipinski definition) is 4. The van der Waals surface area contributed by atoms with Crippen LogP contribution in [0.15, 0.2) is 34.2 Å². The molecule has 2 heterocycles. The monoisotopic (exact) mass is 311 g/mol. The van der Waals surface area contributed by atoms with Gasteiger partial charge in [0.2, 0.25) is 0 Å². The van der Waals surface area contributed by atoms with Crippen LogP contribution in [-0.4, -0.2) is 4.98 Å². The van der Waals surface area contributed by atoms with Gasteiger partial charge in [-0.15, -0.1) is 11.3 Å². The molecule has 0 saturated carbocycles. The van der Waals surface area contributed by atoms with Crippen molar-refractivity contribution in [2.45, 2.75) is 19.4 Å². The highest BCUT2D eigenvalue weighted by atomic mass is 79.9. The summed E-state index contributed by atoms with van der Waals surface area (Å²) in [6.07, 6.45) is 2.75. The van der Waals surface area contributed by atoms with Gasteiger partial charge in [0.25, 0.3) is 0 Å².